The number of ether oxygens (including phenoxy) is 2. The number of amides is 1. The number of methoxy groups -OCH3 is 2. The predicted octanol–water partition coefficient (Wildman–Crippen LogP) is 3.07. The van der Waals surface area contributed by atoms with Gasteiger partial charge >= 0.3 is 0 Å². The van der Waals surface area contributed by atoms with Crippen molar-refractivity contribution in [2.75, 3.05) is 14.2 Å². The molecule has 0 radical (unpaired) electrons. The summed E-state index contributed by atoms with van der Waals surface area (Å²) in [5.74, 6) is 1.35. The third-order valence-electron chi connectivity index (χ3n) is 3.62. The minimum atomic E-state index is 0.0600. The van der Waals surface area contributed by atoms with E-state index in [1.54, 1.807) is 14.2 Å². The highest BCUT2D eigenvalue weighted by molar-refractivity contribution is 9.10. The molecule has 0 spiro atoms. The van der Waals surface area contributed by atoms with E-state index in [0.29, 0.717) is 24.0 Å². The lowest BCUT2D eigenvalue weighted by molar-refractivity contribution is -0.121. The van der Waals surface area contributed by atoms with Crippen molar-refractivity contribution >= 4 is 21.8 Å². The molecule has 1 aliphatic rings. The fraction of sp³-hybridized carbons (Fsp3) is 0.533. The maximum Gasteiger partial charge on any atom is 0.224 e. The van der Waals surface area contributed by atoms with E-state index < -0.39 is 0 Å². The van der Waals surface area contributed by atoms with E-state index in [-0.39, 0.29) is 5.91 Å². The second kappa shape index (κ2) is 6.97. The fourth-order valence-corrected chi connectivity index (χ4v) is 3.02. The van der Waals surface area contributed by atoms with Crippen LogP contribution in [0.15, 0.2) is 16.6 Å². The lowest BCUT2D eigenvalue weighted by atomic mass is 10.1. The Morgan fingerprint density at radius 3 is 2.45 bits per heavy atom. The van der Waals surface area contributed by atoms with Crippen molar-refractivity contribution in [3.05, 3.63) is 22.2 Å². The lowest BCUT2D eigenvalue weighted by Gasteiger charge is -2.14. The first kappa shape index (κ1) is 15.2. The molecule has 0 unspecified atom stereocenters. The van der Waals surface area contributed by atoms with E-state index in [1.807, 2.05) is 12.1 Å². The molecule has 0 heterocycles. The number of halogens is 1. The van der Waals surface area contributed by atoms with Gasteiger partial charge in [-0.15, -0.1) is 0 Å². The Morgan fingerprint density at radius 1 is 1.25 bits per heavy atom. The first-order valence-corrected chi connectivity index (χ1v) is 7.63. The van der Waals surface area contributed by atoms with Crippen LogP contribution in [0.2, 0.25) is 0 Å². The minimum Gasteiger partial charge on any atom is -0.493 e. The summed E-state index contributed by atoms with van der Waals surface area (Å²) in [5.41, 5.74) is 0.901. The summed E-state index contributed by atoms with van der Waals surface area (Å²) < 4.78 is 11.4. The molecule has 4 nitrogen and oxygen atoms in total. The van der Waals surface area contributed by atoms with Crippen LogP contribution in [0.3, 0.4) is 0 Å². The second-order valence-corrected chi connectivity index (χ2v) is 5.88. The molecular weight excluding hydrogens is 322 g/mol. The number of nitrogens with one attached hydrogen (secondary N) is 1. The van der Waals surface area contributed by atoms with Gasteiger partial charge in [0.25, 0.3) is 0 Å². The van der Waals surface area contributed by atoms with Crippen LogP contribution in [0.5, 0.6) is 11.5 Å². The second-order valence-electron chi connectivity index (χ2n) is 5.02. The zero-order chi connectivity index (χ0) is 14.5. The van der Waals surface area contributed by atoms with E-state index >= 15 is 0 Å². The largest absolute Gasteiger partial charge is 0.493 e. The van der Waals surface area contributed by atoms with Crippen molar-refractivity contribution in [3.63, 3.8) is 0 Å². The molecule has 1 aliphatic carbocycles. The third-order valence-corrected chi connectivity index (χ3v) is 4.36. The van der Waals surface area contributed by atoms with Gasteiger partial charge in [0, 0.05) is 10.5 Å². The van der Waals surface area contributed by atoms with Gasteiger partial charge in [-0.25, -0.2) is 0 Å². The van der Waals surface area contributed by atoms with Crippen molar-refractivity contribution < 1.29 is 14.3 Å². The van der Waals surface area contributed by atoms with Gasteiger partial charge in [0.2, 0.25) is 5.91 Å². The molecule has 0 aliphatic heterocycles. The summed E-state index contributed by atoms with van der Waals surface area (Å²) in [5, 5.41) is 3.09. The van der Waals surface area contributed by atoms with E-state index in [0.717, 1.165) is 22.9 Å². The maximum atomic E-state index is 12.1. The molecule has 0 atom stereocenters. The predicted molar refractivity (Wildman–Crippen MR) is 81.3 cm³/mol. The first-order valence-electron chi connectivity index (χ1n) is 6.83. The van der Waals surface area contributed by atoms with Crippen LogP contribution in [0.1, 0.15) is 31.2 Å². The van der Waals surface area contributed by atoms with E-state index in [1.165, 1.54) is 12.8 Å². The molecule has 0 saturated heterocycles. The summed E-state index contributed by atoms with van der Waals surface area (Å²) >= 11 is 3.48. The van der Waals surface area contributed by atoms with Gasteiger partial charge in [0.15, 0.2) is 11.5 Å². The Bertz CT molecular complexity index is 484. The molecule has 1 fully saturated rings. The maximum absolute atomic E-state index is 12.1. The number of benzene rings is 1. The molecule has 0 bridgehead atoms. The molecule has 1 N–H and O–H groups in total. The van der Waals surface area contributed by atoms with Crippen molar-refractivity contribution in [1.29, 1.82) is 0 Å². The normalized spacial score (nSPS) is 15.2. The minimum absolute atomic E-state index is 0.0600. The average molecular weight is 342 g/mol. The first-order chi connectivity index (χ1) is 9.63. The zero-order valence-corrected chi connectivity index (χ0v) is 13.5. The Labute approximate surface area is 128 Å². The Hall–Kier alpha value is -1.23. The summed E-state index contributed by atoms with van der Waals surface area (Å²) in [4.78, 5) is 12.1. The van der Waals surface area contributed by atoms with Gasteiger partial charge in [-0.3, -0.25) is 4.79 Å². The van der Waals surface area contributed by atoms with Crippen LogP contribution in [0.4, 0.5) is 0 Å². The van der Waals surface area contributed by atoms with Gasteiger partial charge < -0.3 is 14.8 Å². The Kier molecular flexibility index (Phi) is 5.29. The standard InChI is InChI=1S/C15H20BrNO3/c1-19-13-7-10(12(16)9-14(13)20-2)8-15(18)17-11-5-3-4-6-11/h7,9,11H,3-6,8H2,1-2H3,(H,17,18). The van der Waals surface area contributed by atoms with Crippen molar-refractivity contribution in [2.45, 2.75) is 38.1 Å². The molecule has 1 aromatic carbocycles. The molecule has 20 heavy (non-hydrogen) atoms. The molecule has 110 valence electrons. The van der Waals surface area contributed by atoms with Crippen LogP contribution in [0, 0.1) is 0 Å². The van der Waals surface area contributed by atoms with Crippen molar-refractivity contribution in [1.82, 2.24) is 5.32 Å². The number of rotatable bonds is 5. The molecular formula is C15H20BrNO3. The SMILES string of the molecule is COc1cc(Br)c(CC(=O)NC2CCCC2)cc1OC. The van der Waals surface area contributed by atoms with Gasteiger partial charge in [0.1, 0.15) is 0 Å². The van der Waals surface area contributed by atoms with Gasteiger partial charge in [0.05, 0.1) is 20.6 Å². The number of hydrogen-bond donors (Lipinski definition) is 1. The number of hydrogen-bond acceptors (Lipinski definition) is 3. The summed E-state index contributed by atoms with van der Waals surface area (Å²) in [6, 6.07) is 4.02. The highest BCUT2D eigenvalue weighted by Crippen LogP contribution is 2.33. The highest BCUT2D eigenvalue weighted by atomic mass is 79.9. The summed E-state index contributed by atoms with van der Waals surface area (Å²) in [7, 11) is 3.19. The fourth-order valence-electron chi connectivity index (χ4n) is 2.55. The Morgan fingerprint density at radius 2 is 1.85 bits per heavy atom. The van der Waals surface area contributed by atoms with Crippen LogP contribution < -0.4 is 14.8 Å². The smallest absolute Gasteiger partial charge is 0.224 e. The van der Waals surface area contributed by atoms with Crippen LogP contribution >= 0.6 is 15.9 Å². The molecule has 1 amide bonds. The quantitative estimate of drug-likeness (QED) is 0.895. The van der Waals surface area contributed by atoms with Crippen LogP contribution in [0.25, 0.3) is 0 Å². The zero-order valence-electron chi connectivity index (χ0n) is 11.9. The molecule has 1 saturated carbocycles. The van der Waals surface area contributed by atoms with Crippen molar-refractivity contribution in [3.8, 4) is 11.5 Å². The van der Waals surface area contributed by atoms with Gasteiger partial charge in [-0.05, 0) is 30.5 Å². The molecule has 1 aromatic rings. The van der Waals surface area contributed by atoms with Crippen molar-refractivity contribution in [2.24, 2.45) is 0 Å². The third kappa shape index (κ3) is 3.66. The molecule has 5 heteroatoms. The number of carbonyl (C=O) groups is 1. The monoisotopic (exact) mass is 341 g/mol. The van der Waals surface area contributed by atoms with Crippen LogP contribution in [-0.4, -0.2) is 26.2 Å². The average Bonchev–Trinajstić information content (AvgIpc) is 2.93. The highest BCUT2D eigenvalue weighted by Gasteiger charge is 2.18. The van der Waals surface area contributed by atoms with Gasteiger partial charge in [-0.2, -0.15) is 0 Å². The lowest BCUT2D eigenvalue weighted by Crippen LogP contribution is -2.33. The van der Waals surface area contributed by atoms with E-state index in [2.05, 4.69) is 21.2 Å². The van der Waals surface area contributed by atoms with E-state index in [4.69, 9.17) is 9.47 Å². The van der Waals surface area contributed by atoms with Gasteiger partial charge in [-0.1, -0.05) is 28.8 Å². The number of carbonyl (C=O) groups excluding carboxylic acids is 1. The van der Waals surface area contributed by atoms with E-state index in [9.17, 15) is 4.79 Å². The summed E-state index contributed by atoms with van der Waals surface area (Å²) in [6.07, 6.45) is 4.96. The van der Waals surface area contributed by atoms with Crippen LogP contribution in [-0.2, 0) is 11.2 Å². The molecule has 0 aromatic heterocycles. The summed E-state index contributed by atoms with van der Waals surface area (Å²) in [6.45, 7) is 0. The topological polar surface area (TPSA) is 47.6 Å². The Balaban J connectivity index is 2.06. The molecule has 2 rings (SSSR count).